The highest BCUT2D eigenvalue weighted by Crippen LogP contribution is 2.06. The summed E-state index contributed by atoms with van der Waals surface area (Å²) < 4.78 is 5.03. The number of rotatable bonds is 5. The molecule has 2 nitrogen and oxygen atoms in total. The van der Waals surface area contributed by atoms with E-state index in [1.807, 2.05) is 0 Å². The van der Waals surface area contributed by atoms with Crippen molar-refractivity contribution in [3.8, 4) is 0 Å². The number of hydrogen-bond acceptors (Lipinski definition) is 2. The molecule has 0 fully saturated rings. The highest BCUT2D eigenvalue weighted by Gasteiger charge is 2.02. The summed E-state index contributed by atoms with van der Waals surface area (Å²) in [4.78, 5) is 11.1. The molecule has 0 saturated carbocycles. The molecule has 0 bridgehead atoms. The van der Waals surface area contributed by atoms with Gasteiger partial charge in [0.25, 0.3) is 0 Å². The minimum atomic E-state index is -0.315. The van der Waals surface area contributed by atoms with Crippen LogP contribution >= 0.6 is 0 Å². The van der Waals surface area contributed by atoms with Crippen LogP contribution < -0.4 is 0 Å². The predicted octanol–water partition coefficient (Wildman–Crippen LogP) is 2.91. The number of carbonyl (C=O) groups is 1. The summed E-state index contributed by atoms with van der Waals surface area (Å²) in [5.41, 5.74) is 2.95. The van der Waals surface area contributed by atoms with E-state index in [-0.39, 0.29) is 5.97 Å². The van der Waals surface area contributed by atoms with E-state index in [9.17, 15) is 4.79 Å². The van der Waals surface area contributed by atoms with Gasteiger partial charge in [-0.15, -0.1) is 0 Å². The lowest BCUT2D eigenvalue weighted by atomic mass is 10.1. The minimum absolute atomic E-state index is 0.315. The number of benzene rings is 1. The second-order valence-electron chi connectivity index (χ2n) is 3.84. The van der Waals surface area contributed by atoms with Crippen LogP contribution in [0.15, 0.2) is 36.4 Å². The molecule has 0 aliphatic rings. The molecule has 0 heterocycles. The van der Waals surface area contributed by atoms with Crippen LogP contribution in [-0.4, -0.2) is 12.6 Å². The molecule has 0 amide bonds. The van der Waals surface area contributed by atoms with Gasteiger partial charge in [0.1, 0.15) is 0 Å². The van der Waals surface area contributed by atoms with E-state index < -0.39 is 0 Å². The van der Waals surface area contributed by atoms with Crippen molar-refractivity contribution in [2.24, 2.45) is 0 Å². The van der Waals surface area contributed by atoms with Crippen molar-refractivity contribution >= 4 is 5.97 Å². The van der Waals surface area contributed by atoms with E-state index in [0.29, 0.717) is 12.2 Å². The van der Waals surface area contributed by atoms with E-state index >= 15 is 0 Å². The Morgan fingerprint density at radius 3 is 2.31 bits per heavy atom. The van der Waals surface area contributed by atoms with E-state index in [2.05, 4.69) is 37.8 Å². The standard InChI is InChI=1S/C14H18O2/c1-4-12-5-7-13(8-6-12)9-10-16-14(15)11(2)3/h5-8H,2,4,9-10H2,1,3H3. The summed E-state index contributed by atoms with van der Waals surface area (Å²) in [6.07, 6.45) is 1.80. The van der Waals surface area contributed by atoms with Gasteiger partial charge in [0, 0.05) is 12.0 Å². The molecule has 2 heteroatoms. The van der Waals surface area contributed by atoms with E-state index in [4.69, 9.17) is 4.74 Å². The molecule has 16 heavy (non-hydrogen) atoms. The first-order valence-corrected chi connectivity index (χ1v) is 5.54. The molecule has 0 radical (unpaired) electrons. The van der Waals surface area contributed by atoms with Crippen LogP contribution in [0, 0.1) is 0 Å². The van der Waals surface area contributed by atoms with Gasteiger partial charge in [-0.1, -0.05) is 37.8 Å². The van der Waals surface area contributed by atoms with Crippen molar-refractivity contribution in [3.63, 3.8) is 0 Å². The monoisotopic (exact) mass is 218 g/mol. The molecule has 0 spiro atoms. The smallest absolute Gasteiger partial charge is 0.333 e. The average Bonchev–Trinajstić information content (AvgIpc) is 2.29. The number of hydrogen-bond donors (Lipinski definition) is 0. The summed E-state index contributed by atoms with van der Waals surface area (Å²) in [5.74, 6) is -0.315. The fraction of sp³-hybridized carbons (Fsp3) is 0.357. The van der Waals surface area contributed by atoms with Crippen LogP contribution in [0.3, 0.4) is 0 Å². The van der Waals surface area contributed by atoms with Gasteiger partial charge in [0.05, 0.1) is 6.61 Å². The van der Waals surface area contributed by atoms with Gasteiger partial charge >= 0.3 is 5.97 Å². The fourth-order valence-electron chi connectivity index (χ4n) is 1.33. The quantitative estimate of drug-likeness (QED) is 0.561. The lowest BCUT2D eigenvalue weighted by Crippen LogP contribution is -2.07. The molecule has 86 valence electrons. The zero-order valence-electron chi connectivity index (χ0n) is 9.95. The highest BCUT2D eigenvalue weighted by atomic mass is 16.5. The Morgan fingerprint density at radius 1 is 1.25 bits per heavy atom. The second kappa shape index (κ2) is 6.11. The third kappa shape index (κ3) is 3.89. The molecule has 1 aromatic carbocycles. The van der Waals surface area contributed by atoms with E-state index in [0.717, 1.165) is 12.8 Å². The Kier molecular flexibility index (Phi) is 4.77. The third-order valence-electron chi connectivity index (χ3n) is 2.40. The topological polar surface area (TPSA) is 26.3 Å². The van der Waals surface area contributed by atoms with Crippen molar-refractivity contribution in [2.45, 2.75) is 26.7 Å². The van der Waals surface area contributed by atoms with Crippen LogP contribution in [0.2, 0.25) is 0 Å². The summed E-state index contributed by atoms with van der Waals surface area (Å²) in [6, 6.07) is 8.37. The Morgan fingerprint density at radius 2 is 1.81 bits per heavy atom. The third-order valence-corrected chi connectivity index (χ3v) is 2.40. The zero-order chi connectivity index (χ0) is 12.0. The maximum Gasteiger partial charge on any atom is 0.333 e. The molecule has 0 aliphatic carbocycles. The summed E-state index contributed by atoms with van der Waals surface area (Å²) in [5, 5.41) is 0. The maximum absolute atomic E-state index is 11.1. The first-order chi connectivity index (χ1) is 7.63. The SMILES string of the molecule is C=C(C)C(=O)OCCc1ccc(CC)cc1. The van der Waals surface area contributed by atoms with Gasteiger partial charge in [-0.2, -0.15) is 0 Å². The zero-order valence-corrected chi connectivity index (χ0v) is 9.95. The van der Waals surface area contributed by atoms with Crippen LogP contribution in [0.4, 0.5) is 0 Å². The molecule has 0 aliphatic heterocycles. The molecule has 0 aromatic heterocycles. The van der Waals surface area contributed by atoms with E-state index in [1.54, 1.807) is 6.92 Å². The van der Waals surface area contributed by atoms with Gasteiger partial charge in [0.15, 0.2) is 0 Å². The van der Waals surface area contributed by atoms with Crippen molar-refractivity contribution < 1.29 is 9.53 Å². The van der Waals surface area contributed by atoms with Crippen LogP contribution in [0.1, 0.15) is 25.0 Å². The molecular weight excluding hydrogens is 200 g/mol. The normalized spacial score (nSPS) is 9.88. The van der Waals surface area contributed by atoms with Gasteiger partial charge in [-0.3, -0.25) is 0 Å². The van der Waals surface area contributed by atoms with Gasteiger partial charge in [-0.25, -0.2) is 4.79 Å². The number of carbonyl (C=O) groups excluding carboxylic acids is 1. The fourth-order valence-corrected chi connectivity index (χ4v) is 1.33. The Bertz CT molecular complexity index is 363. The Hall–Kier alpha value is -1.57. The second-order valence-corrected chi connectivity index (χ2v) is 3.84. The molecule has 0 atom stereocenters. The number of aryl methyl sites for hydroxylation is 1. The van der Waals surface area contributed by atoms with Crippen molar-refractivity contribution in [1.29, 1.82) is 0 Å². The molecule has 1 aromatic rings. The van der Waals surface area contributed by atoms with Gasteiger partial charge < -0.3 is 4.74 Å². The Labute approximate surface area is 96.9 Å². The molecular formula is C14H18O2. The lowest BCUT2D eigenvalue weighted by Gasteiger charge is -2.05. The minimum Gasteiger partial charge on any atom is -0.462 e. The molecule has 0 unspecified atom stereocenters. The first kappa shape index (κ1) is 12.5. The largest absolute Gasteiger partial charge is 0.462 e. The van der Waals surface area contributed by atoms with Gasteiger partial charge in [0.2, 0.25) is 0 Å². The lowest BCUT2D eigenvalue weighted by molar-refractivity contribution is -0.138. The highest BCUT2D eigenvalue weighted by molar-refractivity contribution is 5.86. The van der Waals surface area contributed by atoms with Crippen molar-refractivity contribution in [1.82, 2.24) is 0 Å². The van der Waals surface area contributed by atoms with Gasteiger partial charge in [-0.05, 0) is 24.5 Å². The number of ether oxygens (including phenoxy) is 1. The van der Waals surface area contributed by atoms with Crippen molar-refractivity contribution in [2.75, 3.05) is 6.61 Å². The van der Waals surface area contributed by atoms with Crippen LogP contribution in [0.5, 0.6) is 0 Å². The van der Waals surface area contributed by atoms with Crippen molar-refractivity contribution in [3.05, 3.63) is 47.5 Å². The number of esters is 1. The summed E-state index contributed by atoms with van der Waals surface area (Å²) in [7, 11) is 0. The van der Waals surface area contributed by atoms with Crippen LogP contribution in [0.25, 0.3) is 0 Å². The Balaban J connectivity index is 2.37. The maximum atomic E-state index is 11.1. The average molecular weight is 218 g/mol. The van der Waals surface area contributed by atoms with Crippen LogP contribution in [-0.2, 0) is 22.4 Å². The predicted molar refractivity (Wildman–Crippen MR) is 65.3 cm³/mol. The molecule has 0 saturated heterocycles. The first-order valence-electron chi connectivity index (χ1n) is 5.54. The summed E-state index contributed by atoms with van der Waals surface area (Å²) >= 11 is 0. The van der Waals surface area contributed by atoms with E-state index in [1.165, 1.54) is 11.1 Å². The summed E-state index contributed by atoms with van der Waals surface area (Å²) in [6.45, 7) is 7.72. The molecule has 0 N–H and O–H groups in total. The molecule has 1 rings (SSSR count).